The first-order valence-electron chi connectivity index (χ1n) is 8.08. The van der Waals surface area contributed by atoms with Gasteiger partial charge in [-0.15, -0.1) is 0 Å². The lowest BCUT2D eigenvalue weighted by Crippen LogP contribution is -2.35. The Labute approximate surface area is 152 Å². The summed E-state index contributed by atoms with van der Waals surface area (Å²) >= 11 is 5.82. The first-order valence-corrected chi connectivity index (χ1v) is 10.1. The van der Waals surface area contributed by atoms with Gasteiger partial charge in [-0.25, -0.2) is 8.42 Å². The van der Waals surface area contributed by atoms with Crippen LogP contribution in [0.4, 0.5) is 11.4 Å². The minimum atomic E-state index is -3.56. The van der Waals surface area contributed by atoms with Gasteiger partial charge in [0.15, 0.2) is 0 Å². The number of carbonyl (C=O) groups excluding carboxylic acids is 1. The summed E-state index contributed by atoms with van der Waals surface area (Å²) in [6.07, 6.45) is 2.40. The van der Waals surface area contributed by atoms with Crippen LogP contribution >= 0.6 is 11.6 Å². The van der Waals surface area contributed by atoms with Crippen LogP contribution in [0.2, 0.25) is 5.02 Å². The van der Waals surface area contributed by atoms with Gasteiger partial charge in [-0.2, -0.15) is 0 Å². The molecule has 5 nitrogen and oxygen atoms in total. The van der Waals surface area contributed by atoms with E-state index in [1.165, 1.54) is 0 Å². The van der Waals surface area contributed by atoms with Gasteiger partial charge in [0.1, 0.15) is 0 Å². The van der Waals surface area contributed by atoms with Crippen molar-refractivity contribution in [2.75, 3.05) is 16.2 Å². The van der Waals surface area contributed by atoms with Gasteiger partial charge in [-0.3, -0.25) is 9.52 Å². The Hall–Kier alpha value is -2.05. The van der Waals surface area contributed by atoms with Crippen molar-refractivity contribution in [3.63, 3.8) is 0 Å². The third-order valence-corrected chi connectivity index (χ3v) is 5.54. The zero-order chi connectivity index (χ0) is 17.9. The highest BCUT2D eigenvalue weighted by atomic mass is 35.5. The molecule has 0 saturated carbocycles. The van der Waals surface area contributed by atoms with E-state index < -0.39 is 10.0 Å². The number of amides is 1. The fraction of sp³-hybridized carbons (Fsp3) is 0.278. The van der Waals surface area contributed by atoms with Crippen molar-refractivity contribution in [1.82, 2.24) is 0 Å². The largest absolute Gasteiger partial charge is 0.312 e. The van der Waals surface area contributed by atoms with Crippen LogP contribution in [0, 0.1) is 0 Å². The molecule has 7 heteroatoms. The molecule has 0 unspecified atom stereocenters. The van der Waals surface area contributed by atoms with Gasteiger partial charge in [-0.1, -0.05) is 29.8 Å². The lowest BCUT2D eigenvalue weighted by molar-refractivity contribution is -0.119. The smallest absolute Gasteiger partial charge is 0.236 e. The first kappa shape index (κ1) is 17.8. The van der Waals surface area contributed by atoms with Gasteiger partial charge in [0.2, 0.25) is 15.9 Å². The number of benzene rings is 2. The van der Waals surface area contributed by atoms with Crippen molar-refractivity contribution < 1.29 is 13.2 Å². The van der Waals surface area contributed by atoms with Gasteiger partial charge < -0.3 is 4.90 Å². The Kier molecular flexibility index (Phi) is 5.30. The summed E-state index contributed by atoms with van der Waals surface area (Å²) in [7, 11) is -3.56. The molecule has 132 valence electrons. The van der Waals surface area contributed by atoms with Crippen LogP contribution < -0.4 is 9.62 Å². The average Bonchev–Trinajstić information content (AvgIpc) is 2.57. The third kappa shape index (κ3) is 4.74. The van der Waals surface area contributed by atoms with Crippen molar-refractivity contribution in [3.8, 4) is 0 Å². The highest BCUT2D eigenvalue weighted by molar-refractivity contribution is 7.91. The normalized spacial score (nSPS) is 15.2. The molecule has 1 heterocycles. The average molecular weight is 379 g/mol. The van der Waals surface area contributed by atoms with E-state index in [4.69, 9.17) is 11.6 Å². The lowest BCUT2D eigenvalue weighted by Gasteiger charge is -2.27. The van der Waals surface area contributed by atoms with Crippen LogP contribution in [-0.2, 0) is 20.6 Å². The summed E-state index contributed by atoms with van der Waals surface area (Å²) in [6, 6.07) is 13.6. The predicted molar refractivity (Wildman–Crippen MR) is 100 cm³/mol. The minimum Gasteiger partial charge on any atom is -0.312 e. The molecule has 1 amide bonds. The zero-order valence-electron chi connectivity index (χ0n) is 13.6. The number of hydrogen-bond acceptors (Lipinski definition) is 3. The number of rotatable bonds is 5. The molecule has 0 spiro atoms. The molecule has 25 heavy (non-hydrogen) atoms. The Morgan fingerprint density at radius 2 is 1.84 bits per heavy atom. The van der Waals surface area contributed by atoms with Gasteiger partial charge in [0.05, 0.1) is 11.4 Å². The maximum absolute atomic E-state index is 12.4. The second-order valence-corrected chi connectivity index (χ2v) is 8.20. The van der Waals surface area contributed by atoms with Crippen molar-refractivity contribution in [2.45, 2.75) is 25.0 Å². The molecule has 0 atom stereocenters. The maximum Gasteiger partial charge on any atom is 0.236 e. The molecule has 1 aliphatic heterocycles. The van der Waals surface area contributed by atoms with Crippen molar-refractivity contribution >= 4 is 38.9 Å². The number of sulfonamides is 1. The number of nitrogens with zero attached hydrogens (tertiary/aromatic N) is 1. The van der Waals surface area contributed by atoms with Crippen LogP contribution in [0.15, 0.2) is 48.5 Å². The zero-order valence-corrected chi connectivity index (χ0v) is 15.2. The topological polar surface area (TPSA) is 66.5 Å². The standard InChI is InChI=1S/C18H19ClN2O3S/c19-15-9-7-14(8-10-15)13-25(23,24)20-16-4-3-5-17(12-16)21-11-2-1-6-18(21)22/h3-5,7-10,12,20H,1-2,6,11,13H2. The molecule has 2 aromatic carbocycles. The van der Waals surface area contributed by atoms with E-state index in [9.17, 15) is 13.2 Å². The molecule has 0 bridgehead atoms. The number of anilines is 2. The van der Waals surface area contributed by atoms with Gasteiger partial charge in [0.25, 0.3) is 0 Å². The summed E-state index contributed by atoms with van der Waals surface area (Å²) in [6.45, 7) is 0.666. The molecule has 3 rings (SSSR count). The van der Waals surface area contributed by atoms with Crippen LogP contribution in [0.25, 0.3) is 0 Å². The van der Waals surface area contributed by atoms with Crippen LogP contribution in [0.1, 0.15) is 24.8 Å². The van der Waals surface area contributed by atoms with E-state index in [1.54, 1.807) is 47.4 Å². The summed E-state index contributed by atoms with van der Waals surface area (Å²) in [5.74, 6) is -0.0655. The van der Waals surface area contributed by atoms with Gasteiger partial charge >= 0.3 is 0 Å². The molecular weight excluding hydrogens is 360 g/mol. The lowest BCUT2D eigenvalue weighted by atomic mass is 10.1. The van der Waals surface area contributed by atoms with Crippen molar-refractivity contribution in [3.05, 3.63) is 59.1 Å². The molecule has 1 N–H and O–H groups in total. The highest BCUT2D eigenvalue weighted by Crippen LogP contribution is 2.25. The Morgan fingerprint density at radius 1 is 1.08 bits per heavy atom. The number of piperidine rings is 1. The van der Waals surface area contributed by atoms with Crippen LogP contribution in [0.5, 0.6) is 0 Å². The number of nitrogens with one attached hydrogen (secondary N) is 1. The van der Waals surface area contributed by atoms with E-state index in [1.807, 2.05) is 6.07 Å². The Bertz CT molecular complexity index is 866. The molecular formula is C18H19ClN2O3S. The van der Waals surface area contributed by atoms with Gasteiger partial charge in [-0.05, 0) is 48.7 Å². The molecule has 0 aromatic heterocycles. The monoisotopic (exact) mass is 378 g/mol. The summed E-state index contributed by atoms with van der Waals surface area (Å²) in [5, 5.41) is 0.563. The van der Waals surface area contributed by atoms with Crippen molar-refractivity contribution in [1.29, 1.82) is 0 Å². The molecule has 1 aliphatic rings. The van der Waals surface area contributed by atoms with E-state index >= 15 is 0 Å². The quantitative estimate of drug-likeness (QED) is 0.860. The second-order valence-electron chi connectivity index (χ2n) is 6.04. The predicted octanol–water partition coefficient (Wildman–Crippen LogP) is 3.80. The number of hydrogen-bond donors (Lipinski definition) is 1. The maximum atomic E-state index is 12.4. The third-order valence-electron chi connectivity index (χ3n) is 4.02. The second kappa shape index (κ2) is 7.45. The van der Waals surface area contributed by atoms with Crippen molar-refractivity contribution in [2.24, 2.45) is 0 Å². The van der Waals surface area contributed by atoms with E-state index in [-0.39, 0.29) is 11.7 Å². The van der Waals surface area contributed by atoms with E-state index in [0.29, 0.717) is 29.2 Å². The van der Waals surface area contributed by atoms with Crippen LogP contribution in [0.3, 0.4) is 0 Å². The fourth-order valence-corrected chi connectivity index (χ4v) is 4.15. The molecule has 0 aliphatic carbocycles. The van der Waals surface area contributed by atoms with Gasteiger partial charge in [0, 0.05) is 23.7 Å². The number of carbonyl (C=O) groups is 1. The van der Waals surface area contributed by atoms with E-state index in [0.717, 1.165) is 18.5 Å². The fourth-order valence-electron chi connectivity index (χ4n) is 2.83. The number of halogens is 1. The summed E-state index contributed by atoms with van der Waals surface area (Å²) in [5.41, 5.74) is 1.82. The summed E-state index contributed by atoms with van der Waals surface area (Å²) < 4.78 is 27.3. The minimum absolute atomic E-state index is 0.0763. The summed E-state index contributed by atoms with van der Waals surface area (Å²) in [4.78, 5) is 13.7. The Morgan fingerprint density at radius 3 is 2.56 bits per heavy atom. The van der Waals surface area contributed by atoms with E-state index in [2.05, 4.69) is 4.72 Å². The molecule has 2 aromatic rings. The SMILES string of the molecule is O=C1CCCCN1c1cccc(NS(=O)(=O)Cc2ccc(Cl)cc2)c1. The Balaban J connectivity index is 1.74. The van der Waals surface area contributed by atoms with Crippen LogP contribution in [-0.4, -0.2) is 20.9 Å². The highest BCUT2D eigenvalue weighted by Gasteiger charge is 2.20. The first-order chi connectivity index (χ1) is 11.9. The molecule has 1 fully saturated rings. The molecule has 0 radical (unpaired) electrons. The molecule has 1 saturated heterocycles.